The van der Waals surface area contributed by atoms with Crippen molar-refractivity contribution in [3.05, 3.63) is 53.9 Å². The van der Waals surface area contributed by atoms with Crippen molar-refractivity contribution in [2.24, 2.45) is 0 Å². The van der Waals surface area contributed by atoms with E-state index in [0.29, 0.717) is 23.5 Å². The van der Waals surface area contributed by atoms with Gasteiger partial charge in [0.05, 0.1) is 24.0 Å². The maximum atomic E-state index is 12.1. The first-order valence-electron chi connectivity index (χ1n) is 7.34. The molecule has 2 amide bonds. The fourth-order valence-corrected chi connectivity index (χ4v) is 2.10. The zero-order valence-corrected chi connectivity index (χ0v) is 13.9. The summed E-state index contributed by atoms with van der Waals surface area (Å²) in [5.41, 5.74) is 2.62. The van der Waals surface area contributed by atoms with E-state index in [2.05, 4.69) is 15.6 Å². The minimum atomic E-state index is -0.425. The van der Waals surface area contributed by atoms with Crippen molar-refractivity contribution < 1.29 is 14.3 Å². The zero-order valence-electron chi connectivity index (χ0n) is 13.9. The van der Waals surface area contributed by atoms with Crippen molar-refractivity contribution in [1.29, 1.82) is 0 Å². The molecule has 0 aliphatic rings. The Labute approximate surface area is 140 Å². The summed E-state index contributed by atoms with van der Waals surface area (Å²) in [6.07, 6.45) is 3.37. The lowest BCUT2D eigenvalue weighted by atomic mass is 10.1. The second-order valence-corrected chi connectivity index (χ2v) is 5.29. The molecular weight excluding hydrogens is 308 g/mol. The van der Waals surface area contributed by atoms with Crippen LogP contribution in [0.15, 0.2) is 42.7 Å². The van der Waals surface area contributed by atoms with Crippen LogP contribution in [0.2, 0.25) is 0 Å². The summed E-state index contributed by atoms with van der Waals surface area (Å²) in [6.45, 7) is 0.372. The van der Waals surface area contributed by atoms with Crippen LogP contribution in [-0.2, 0) is 11.3 Å². The van der Waals surface area contributed by atoms with Crippen LogP contribution in [-0.4, -0.2) is 38.2 Å². The largest absolute Gasteiger partial charge is 0.465 e. The Kier molecular flexibility index (Phi) is 5.73. The Balaban J connectivity index is 2.07. The number of ether oxygens (including phenoxy) is 1. The van der Waals surface area contributed by atoms with Crippen molar-refractivity contribution in [1.82, 2.24) is 10.3 Å². The van der Waals surface area contributed by atoms with E-state index in [1.807, 2.05) is 31.1 Å². The molecule has 0 radical (unpaired) electrons. The summed E-state index contributed by atoms with van der Waals surface area (Å²) in [5, 5.41) is 5.54. The van der Waals surface area contributed by atoms with Crippen LogP contribution < -0.4 is 15.5 Å². The molecule has 1 aromatic carbocycles. The molecule has 0 unspecified atom stereocenters. The topological polar surface area (TPSA) is 83.6 Å². The molecule has 0 bridgehead atoms. The van der Waals surface area contributed by atoms with E-state index in [-0.39, 0.29) is 6.03 Å². The second kappa shape index (κ2) is 7.96. The lowest BCUT2D eigenvalue weighted by molar-refractivity contribution is 0.0601. The van der Waals surface area contributed by atoms with Gasteiger partial charge in [0.2, 0.25) is 0 Å². The molecule has 24 heavy (non-hydrogen) atoms. The molecule has 0 saturated heterocycles. The highest BCUT2D eigenvalue weighted by Crippen LogP contribution is 2.26. The molecule has 1 aromatic heterocycles. The third-order valence-electron chi connectivity index (χ3n) is 3.32. The smallest absolute Gasteiger partial charge is 0.337 e. The molecule has 0 saturated carbocycles. The number of rotatable bonds is 5. The third-order valence-corrected chi connectivity index (χ3v) is 3.32. The molecule has 2 rings (SSSR count). The first kappa shape index (κ1) is 17.3. The number of benzene rings is 1. The number of anilines is 2. The Bertz CT molecular complexity index is 717. The second-order valence-electron chi connectivity index (χ2n) is 5.29. The number of carbonyl (C=O) groups is 2. The molecule has 1 heterocycles. The summed E-state index contributed by atoms with van der Waals surface area (Å²) in [5.74, 6) is -0.425. The van der Waals surface area contributed by atoms with E-state index in [4.69, 9.17) is 4.74 Å². The summed E-state index contributed by atoms with van der Waals surface area (Å²) in [7, 11) is 4.99. The molecular formula is C17H20N4O3. The number of aromatic nitrogens is 1. The monoisotopic (exact) mass is 328 g/mol. The molecule has 126 valence electrons. The van der Waals surface area contributed by atoms with Crippen molar-refractivity contribution in [2.75, 3.05) is 31.4 Å². The molecule has 7 nitrogen and oxygen atoms in total. The number of nitrogens with one attached hydrogen (secondary N) is 2. The molecule has 0 aliphatic carbocycles. The molecule has 0 aliphatic heterocycles. The standard InChI is InChI=1S/C17H20N4O3/c1-21(2)15-9-13(16(22)24-3)6-7-14(15)20-17(23)19-11-12-5-4-8-18-10-12/h4-10H,11H2,1-3H3,(H2,19,20,23). The number of urea groups is 1. The highest BCUT2D eigenvalue weighted by atomic mass is 16.5. The normalized spacial score (nSPS) is 9.96. The summed E-state index contributed by atoms with van der Waals surface area (Å²) >= 11 is 0. The first-order valence-corrected chi connectivity index (χ1v) is 7.34. The van der Waals surface area contributed by atoms with Crippen LogP contribution in [0.3, 0.4) is 0 Å². The van der Waals surface area contributed by atoms with Gasteiger partial charge in [-0.3, -0.25) is 4.98 Å². The Morgan fingerprint density at radius 1 is 1.25 bits per heavy atom. The number of carbonyl (C=O) groups excluding carboxylic acids is 2. The predicted molar refractivity (Wildman–Crippen MR) is 92.2 cm³/mol. The zero-order chi connectivity index (χ0) is 17.5. The number of methoxy groups -OCH3 is 1. The van der Waals surface area contributed by atoms with Crippen LogP contribution in [0.4, 0.5) is 16.2 Å². The highest BCUT2D eigenvalue weighted by Gasteiger charge is 2.13. The van der Waals surface area contributed by atoms with Gasteiger partial charge in [0, 0.05) is 33.0 Å². The molecule has 0 fully saturated rings. The van der Waals surface area contributed by atoms with E-state index < -0.39 is 5.97 Å². The van der Waals surface area contributed by atoms with Crippen molar-refractivity contribution in [3.8, 4) is 0 Å². The maximum Gasteiger partial charge on any atom is 0.337 e. The lowest BCUT2D eigenvalue weighted by Crippen LogP contribution is -2.29. The number of pyridine rings is 1. The van der Waals surface area contributed by atoms with Crippen LogP contribution in [0, 0.1) is 0 Å². The van der Waals surface area contributed by atoms with Crippen LogP contribution in [0.25, 0.3) is 0 Å². The van der Waals surface area contributed by atoms with E-state index in [1.165, 1.54) is 7.11 Å². The summed E-state index contributed by atoms with van der Waals surface area (Å²) < 4.78 is 4.72. The van der Waals surface area contributed by atoms with Crippen LogP contribution >= 0.6 is 0 Å². The van der Waals surface area contributed by atoms with Crippen molar-refractivity contribution in [2.45, 2.75) is 6.54 Å². The predicted octanol–water partition coefficient (Wildman–Crippen LogP) is 2.26. The number of nitrogens with zero attached hydrogens (tertiary/aromatic N) is 2. The Hall–Kier alpha value is -3.09. The average molecular weight is 328 g/mol. The number of hydrogen-bond acceptors (Lipinski definition) is 5. The van der Waals surface area contributed by atoms with Gasteiger partial charge >= 0.3 is 12.0 Å². The SMILES string of the molecule is COC(=O)c1ccc(NC(=O)NCc2cccnc2)c(N(C)C)c1. The summed E-state index contributed by atoms with van der Waals surface area (Å²) in [6, 6.07) is 8.30. The fourth-order valence-electron chi connectivity index (χ4n) is 2.10. The van der Waals surface area contributed by atoms with Gasteiger partial charge in [-0.2, -0.15) is 0 Å². The number of hydrogen-bond donors (Lipinski definition) is 2. The minimum absolute atomic E-state index is 0.340. The fraction of sp³-hybridized carbons (Fsp3) is 0.235. The highest BCUT2D eigenvalue weighted by molar-refractivity contribution is 5.96. The molecule has 0 spiro atoms. The molecule has 0 atom stereocenters. The first-order chi connectivity index (χ1) is 11.5. The van der Waals surface area contributed by atoms with Crippen molar-refractivity contribution >= 4 is 23.4 Å². The number of esters is 1. The van der Waals surface area contributed by atoms with Gasteiger partial charge in [-0.15, -0.1) is 0 Å². The Morgan fingerprint density at radius 3 is 2.67 bits per heavy atom. The molecule has 7 heteroatoms. The van der Waals surface area contributed by atoms with E-state index >= 15 is 0 Å². The third kappa shape index (κ3) is 4.45. The van der Waals surface area contributed by atoms with Crippen LogP contribution in [0.5, 0.6) is 0 Å². The van der Waals surface area contributed by atoms with Gasteiger partial charge in [-0.05, 0) is 29.8 Å². The molecule has 2 aromatic rings. The minimum Gasteiger partial charge on any atom is -0.465 e. The van der Waals surface area contributed by atoms with E-state index in [0.717, 1.165) is 5.56 Å². The summed E-state index contributed by atoms with van der Waals surface area (Å²) in [4.78, 5) is 29.5. The van der Waals surface area contributed by atoms with Gasteiger partial charge in [0.15, 0.2) is 0 Å². The van der Waals surface area contributed by atoms with Gasteiger partial charge in [-0.1, -0.05) is 6.07 Å². The van der Waals surface area contributed by atoms with E-state index in [9.17, 15) is 9.59 Å². The Morgan fingerprint density at radius 2 is 2.04 bits per heavy atom. The molecule has 2 N–H and O–H groups in total. The lowest BCUT2D eigenvalue weighted by Gasteiger charge is -2.19. The maximum absolute atomic E-state index is 12.1. The van der Waals surface area contributed by atoms with Crippen molar-refractivity contribution in [3.63, 3.8) is 0 Å². The van der Waals surface area contributed by atoms with Gasteiger partial charge < -0.3 is 20.3 Å². The van der Waals surface area contributed by atoms with E-state index in [1.54, 1.807) is 30.6 Å². The average Bonchev–Trinajstić information content (AvgIpc) is 2.60. The van der Waals surface area contributed by atoms with Crippen LogP contribution in [0.1, 0.15) is 15.9 Å². The van der Waals surface area contributed by atoms with Gasteiger partial charge in [0.1, 0.15) is 0 Å². The number of amides is 2. The quantitative estimate of drug-likeness (QED) is 0.823. The van der Waals surface area contributed by atoms with Gasteiger partial charge in [0.25, 0.3) is 0 Å². The van der Waals surface area contributed by atoms with Gasteiger partial charge in [-0.25, -0.2) is 9.59 Å².